The van der Waals surface area contributed by atoms with Gasteiger partial charge in [-0.2, -0.15) is 18.4 Å². The first-order chi connectivity index (χ1) is 22.5. The summed E-state index contributed by atoms with van der Waals surface area (Å²) < 4.78 is 51.3. The van der Waals surface area contributed by atoms with Gasteiger partial charge in [0.25, 0.3) is 5.69 Å². The molecule has 2 aliphatic heterocycles. The third-order valence-corrected chi connectivity index (χ3v) is 8.66. The number of nitro groups is 1. The molecule has 0 saturated carbocycles. The number of carbonyl (C=O) groups is 1. The number of nitrogens with zero attached hydrogens (tertiary/aromatic N) is 5. The highest BCUT2D eigenvalue weighted by Gasteiger charge is 2.47. The van der Waals surface area contributed by atoms with Crippen molar-refractivity contribution in [1.82, 2.24) is 4.98 Å². The van der Waals surface area contributed by atoms with E-state index in [1.54, 1.807) is 17.2 Å². The number of nitriles is 1. The van der Waals surface area contributed by atoms with Crippen LogP contribution >= 0.6 is 0 Å². The summed E-state index contributed by atoms with van der Waals surface area (Å²) in [7, 11) is 0. The van der Waals surface area contributed by atoms with E-state index in [0.29, 0.717) is 49.8 Å². The number of anilines is 2. The van der Waals surface area contributed by atoms with Gasteiger partial charge in [0, 0.05) is 48.9 Å². The van der Waals surface area contributed by atoms with Crippen molar-refractivity contribution < 1.29 is 32.4 Å². The zero-order valence-corrected chi connectivity index (χ0v) is 25.2. The number of nitro benzene ring substituents is 1. The predicted octanol–water partition coefficient (Wildman–Crippen LogP) is 7.50. The average Bonchev–Trinajstić information content (AvgIpc) is 3.38. The lowest BCUT2D eigenvalue weighted by Crippen LogP contribution is -2.46. The van der Waals surface area contributed by atoms with Gasteiger partial charge in [-0.1, -0.05) is 12.1 Å². The molecule has 240 valence electrons. The maximum absolute atomic E-state index is 13.7. The van der Waals surface area contributed by atoms with Gasteiger partial charge in [-0.15, -0.1) is 0 Å². The number of hydrogen-bond donors (Lipinski definition) is 0. The van der Waals surface area contributed by atoms with Crippen molar-refractivity contribution in [2.45, 2.75) is 31.4 Å². The fraction of sp³-hybridized carbons (Fsp3) is 0.265. The zero-order chi connectivity index (χ0) is 33.3. The minimum absolute atomic E-state index is 0.0536. The second-order valence-corrected chi connectivity index (χ2v) is 11.3. The second-order valence-electron chi connectivity index (χ2n) is 11.3. The molecule has 3 aromatic carbocycles. The number of benzene rings is 3. The summed E-state index contributed by atoms with van der Waals surface area (Å²) in [6.07, 6.45) is -2.50. The van der Waals surface area contributed by atoms with Crippen molar-refractivity contribution in [3.8, 4) is 28.8 Å². The maximum atomic E-state index is 13.7. The van der Waals surface area contributed by atoms with Crippen molar-refractivity contribution in [1.29, 1.82) is 5.26 Å². The Balaban J connectivity index is 1.33. The van der Waals surface area contributed by atoms with Gasteiger partial charge in [-0.05, 0) is 79.4 Å². The number of pyridine rings is 1. The van der Waals surface area contributed by atoms with Crippen molar-refractivity contribution in [3.05, 3.63) is 106 Å². The standard InChI is InChI=1S/C34H28F3N5O5/c1-2-46-31-27(4-3-15-39-31)22-5-11-28-30(19-22)41(32(43)47-26-9-7-25(8-10-26)42(44)45)21-33(28)13-16-40(17-14-33)29-12-6-24(34(35,36)37)18-23(29)20-38/h3-12,15,18-19H,2,13-14,16-17,21H2,1H3. The molecule has 0 aliphatic carbocycles. The van der Waals surface area contributed by atoms with Crippen molar-refractivity contribution in [2.24, 2.45) is 0 Å². The summed E-state index contributed by atoms with van der Waals surface area (Å²) >= 11 is 0. The lowest BCUT2D eigenvalue weighted by molar-refractivity contribution is -0.384. The van der Waals surface area contributed by atoms with E-state index < -0.39 is 28.2 Å². The van der Waals surface area contributed by atoms with E-state index in [1.807, 2.05) is 42.2 Å². The van der Waals surface area contributed by atoms with Crippen LogP contribution in [0.1, 0.15) is 36.5 Å². The lowest BCUT2D eigenvalue weighted by Gasteiger charge is -2.41. The molecule has 0 N–H and O–H groups in total. The molecular formula is C34H28F3N5O5. The third kappa shape index (κ3) is 6.02. The SMILES string of the molecule is CCOc1ncccc1-c1ccc2c(c1)N(C(=O)Oc1ccc([N+](=O)[O-])cc1)CC21CCN(c2ccc(C(F)(F)F)cc2C#N)CC1. The van der Waals surface area contributed by atoms with Crippen LogP contribution in [-0.2, 0) is 11.6 Å². The maximum Gasteiger partial charge on any atom is 0.419 e. The summed E-state index contributed by atoms with van der Waals surface area (Å²) in [6, 6.07) is 19.8. The summed E-state index contributed by atoms with van der Waals surface area (Å²) in [4.78, 5) is 32.1. The first-order valence-corrected chi connectivity index (χ1v) is 14.9. The number of fused-ring (bicyclic) bond motifs is 2. The molecule has 0 atom stereocenters. The predicted molar refractivity (Wildman–Crippen MR) is 167 cm³/mol. The normalized spacial score (nSPS) is 15.2. The Morgan fingerprint density at radius 1 is 1.06 bits per heavy atom. The van der Waals surface area contributed by atoms with Crippen LogP contribution in [0.25, 0.3) is 11.1 Å². The highest BCUT2D eigenvalue weighted by Crippen LogP contribution is 2.49. The van der Waals surface area contributed by atoms with Gasteiger partial charge in [-0.3, -0.25) is 15.0 Å². The van der Waals surface area contributed by atoms with E-state index in [9.17, 15) is 33.3 Å². The highest BCUT2D eigenvalue weighted by atomic mass is 19.4. The highest BCUT2D eigenvalue weighted by molar-refractivity contribution is 5.94. The monoisotopic (exact) mass is 643 g/mol. The van der Waals surface area contributed by atoms with E-state index in [1.165, 1.54) is 30.3 Å². The quantitative estimate of drug-likeness (QED) is 0.156. The van der Waals surface area contributed by atoms with E-state index in [4.69, 9.17) is 9.47 Å². The molecule has 10 nitrogen and oxygen atoms in total. The van der Waals surface area contributed by atoms with E-state index in [0.717, 1.165) is 28.8 Å². The van der Waals surface area contributed by atoms with E-state index in [-0.39, 0.29) is 23.5 Å². The number of amides is 1. The van der Waals surface area contributed by atoms with Crippen molar-refractivity contribution in [3.63, 3.8) is 0 Å². The summed E-state index contributed by atoms with van der Waals surface area (Å²) in [6.45, 7) is 3.41. The number of carbonyl (C=O) groups excluding carboxylic acids is 1. The lowest BCUT2D eigenvalue weighted by atomic mass is 9.74. The van der Waals surface area contributed by atoms with Crippen LogP contribution in [0.4, 0.5) is 35.0 Å². The molecule has 47 heavy (non-hydrogen) atoms. The van der Waals surface area contributed by atoms with Crippen LogP contribution in [0, 0.1) is 21.4 Å². The Morgan fingerprint density at radius 2 is 1.81 bits per heavy atom. The molecule has 2 aliphatic rings. The summed E-state index contributed by atoms with van der Waals surface area (Å²) in [5, 5.41) is 20.7. The van der Waals surface area contributed by atoms with Crippen LogP contribution < -0.4 is 19.3 Å². The molecule has 0 unspecified atom stereocenters. The summed E-state index contributed by atoms with van der Waals surface area (Å²) in [5.41, 5.74) is 1.90. The van der Waals surface area contributed by atoms with Crippen LogP contribution in [0.2, 0.25) is 0 Å². The van der Waals surface area contributed by atoms with Gasteiger partial charge in [-0.25, -0.2) is 9.78 Å². The first kappa shape index (κ1) is 31.3. The molecule has 1 amide bonds. The Hall–Kier alpha value is -5.64. The molecule has 6 rings (SSSR count). The second kappa shape index (κ2) is 12.3. The smallest absolute Gasteiger partial charge is 0.419 e. The fourth-order valence-electron chi connectivity index (χ4n) is 6.34. The number of rotatable bonds is 6. The van der Waals surface area contributed by atoms with Gasteiger partial charge >= 0.3 is 12.3 Å². The molecule has 1 saturated heterocycles. The number of ether oxygens (including phenoxy) is 2. The fourth-order valence-corrected chi connectivity index (χ4v) is 6.34. The molecule has 1 spiro atoms. The molecular weight excluding hydrogens is 615 g/mol. The van der Waals surface area contributed by atoms with Crippen molar-refractivity contribution in [2.75, 3.05) is 36.0 Å². The molecule has 0 bridgehead atoms. The number of hydrogen-bond acceptors (Lipinski definition) is 8. The zero-order valence-electron chi connectivity index (χ0n) is 25.2. The van der Waals surface area contributed by atoms with E-state index in [2.05, 4.69) is 4.98 Å². The summed E-state index contributed by atoms with van der Waals surface area (Å²) in [5.74, 6) is 0.590. The molecule has 13 heteroatoms. The van der Waals surface area contributed by atoms with Crippen LogP contribution in [0.3, 0.4) is 0 Å². The van der Waals surface area contributed by atoms with Crippen LogP contribution in [0.5, 0.6) is 11.6 Å². The van der Waals surface area contributed by atoms with Crippen molar-refractivity contribution >= 4 is 23.2 Å². The Morgan fingerprint density at radius 3 is 2.47 bits per heavy atom. The van der Waals surface area contributed by atoms with Gasteiger partial charge in [0.1, 0.15) is 11.8 Å². The largest absolute Gasteiger partial charge is 0.478 e. The molecule has 1 fully saturated rings. The third-order valence-electron chi connectivity index (χ3n) is 8.66. The Bertz CT molecular complexity index is 1880. The van der Waals surface area contributed by atoms with Gasteiger partial charge in [0.2, 0.25) is 5.88 Å². The Labute approximate surface area is 267 Å². The van der Waals surface area contributed by atoms with Gasteiger partial charge in [0.05, 0.1) is 34.0 Å². The number of aromatic nitrogens is 1. The van der Waals surface area contributed by atoms with Crippen LogP contribution in [-0.4, -0.2) is 42.2 Å². The number of alkyl halides is 3. The van der Waals surface area contributed by atoms with E-state index >= 15 is 0 Å². The minimum atomic E-state index is -4.56. The molecule has 3 heterocycles. The number of halogens is 3. The van der Waals surface area contributed by atoms with Gasteiger partial charge < -0.3 is 14.4 Å². The molecule has 0 radical (unpaired) electrons. The van der Waals surface area contributed by atoms with Crippen LogP contribution in [0.15, 0.2) is 79.0 Å². The topological polar surface area (TPSA) is 122 Å². The van der Waals surface area contributed by atoms with Gasteiger partial charge in [0.15, 0.2) is 0 Å². The molecule has 1 aromatic heterocycles. The average molecular weight is 644 g/mol. The first-order valence-electron chi connectivity index (χ1n) is 14.9. The molecule has 4 aromatic rings. The Kier molecular flexibility index (Phi) is 8.19. The number of piperidine rings is 1. The minimum Gasteiger partial charge on any atom is -0.478 e. The number of non-ortho nitro benzene ring substituents is 1.